The van der Waals surface area contributed by atoms with Crippen LogP contribution in [0.5, 0.6) is 0 Å². The van der Waals surface area contributed by atoms with Gasteiger partial charge in [-0.05, 0) is 13.8 Å². The van der Waals surface area contributed by atoms with Crippen LogP contribution in [0.4, 0.5) is 13.2 Å². The molecule has 2 rings (SSSR count). The number of fused-ring (bicyclic) bond motifs is 1. The first-order valence-corrected chi connectivity index (χ1v) is 4.56. The third-order valence-corrected chi connectivity index (χ3v) is 2.28. The van der Waals surface area contributed by atoms with E-state index in [1.807, 2.05) is 0 Å². The van der Waals surface area contributed by atoms with Crippen LogP contribution >= 0.6 is 0 Å². The highest BCUT2D eigenvalue weighted by atomic mass is 19.4. The Morgan fingerprint density at radius 1 is 1.06 bits per heavy atom. The standard InChI is InChI=1S/C9H9F3N4/c1-4-6-7(16(3)15-4)5(2)13-8(14-6)9(10,11)12/h1-3H3. The Bertz CT molecular complexity index is 556. The van der Waals surface area contributed by atoms with E-state index in [1.54, 1.807) is 14.0 Å². The second-order valence-corrected chi connectivity index (χ2v) is 3.54. The van der Waals surface area contributed by atoms with Crippen molar-refractivity contribution in [2.45, 2.75) is 20.0 Å². The summed E-state index contributed by atoms with van der Waals surface area (Å²) in [6.45, 7) is 3.13. The molecule has 2 aromatic rings. The molecule has 0 aliphatic heterocycles. The van der Waals surface area contributed by atoms with Gasteiger partial charge in [0.2, 0.25) is 5.82 Å². The van der Waals surface area contributed by atoms with Crippen LogP contribution in [0.25, 0.3) is 11.0 Å². The summed E-state index contributed by atoms with van der Waals surface area (Å²) < 4.78 is 38.9. The topological polar surface area (TPSA) is 43.6 Å². The summed E-state index contributed by atoms with van der Waals surface area (Å²) in [5.41, 5.74) is 1.53. The summed E-state index contributed by atoms with van der Waals surface area (Å²) in [6, 6.07) is 0. The molecule has 0 saturated heterocycles. The molecule has 0 saturated carbocycles. The van der Waals surface area contributed by atoms with Crippen LogP contribution in [0.1, 0.15) is 17.2 Å². The molecule has 0 amide bonds. The highest BCUT2D eigenvalue weighted by Gasteiger charge is 2.35. The van der Waals surface area contributed by atoms with Crippen molar-refractivity contribution in [3.63, 3.8) is 0 Å². The lowest BCUT2D eigenvalue weighted by atomic mass is 10.3. The van der Waals surface area contributed by atoms with E-state index in [1.165, 1.54) is 11.6 Å². The van der Waals surface area contributed by atoms with Crippen molar-refractivity contribution in [2.24, 2.45) is 7.05 Å². The number of halogens is 3. The zero-order valence-electron chi connectivity index (χ0n) is 8.92. The van der Waals surface area contributed by atoms with Gasteiger partial charge in [-0.3, -0.25) is 4.68 Å². The van der Waals surface area contributed by atoms with Gasteiger partial charge in [0, 0.05) is 7.05 Å². The Balaban J connectivity index is 2.82. The van der Waals surface area contributed by atoms with Gasteiger partial charge in [-0.25, -0.2) is 9.97 Å². The molecule has 0 unspecified atom stereocenters. The van der Waals surface area contributed by atoms with Crippen molar-refractivity contribution in [1.82, 2.24) is 19.7 Å². The predicted octanol–water partition coefficient (Wildman–Crippen LogP) is 2.00. The summed E-state index contributed by atoms with van der Waals surface area (Å²) in [4.78, 5) is 6.96. The van der Waals surface area contributed by atoms with Crippen molar-refractivity contribution < 1.29 is 13.2 Å². The number of alkyl halides is 3. The number of rotatable bonds is 0. The average molecular weight is 230 g/mol. The largest absolute Gasteiger partial charge is 0.451 e. The van der Waals surface area contributed by atoms with Crippen LogP contribution in [-0.4, -0.2) is 19.7 Å². The lowest BCUT2D eigenvalue weighted by Gasteiger charge is -2.06. The number of aryl methyl sites for hydroxylation is 3. The van der Waals surface area contributed by atoms with Gasteiger partial charge in [0.05, 0.1) is 11.4 Å². The van der Waals surface area contributed by atoms with Crippen molar-refractivity contribution in [3.05, 3.63) is 17.2 Å². The van der Waals surface area contributed by atoms with Crippen LogP contribution in [0, 0.1) is 13.8 Å². The van der Waals surface area contributed by atoms with E-state index in [9.17, 15) is 13.2 Å². The van der Waals surface area contributed by atoms with Crippen LogP contribution in [0.2, 0.25) is 0 Å². The summed E-state index contributed by atoms with van der Waals surface area (Å²) in [5.74, 6) is -1.12. The first-order valence-electron chi connectivity index (χ1n) is 4.56. The van der Waals surface area contributed by atoms with E-state index in [0.29, 0.717) is 11.2 Å². The van der Waals surface area contributed by atoms with E-state index in [-0.39, 0.29) is 11.2 Å². The maximum atomic E-state index is 12.5. The minimum absolute atomic E-state index is 0.252. The van der Waals surface area contributed by atoms with Crippen LogP contribution in [-0.2, 0) is 13.2 Å². The van der Waals surface area contributed by atoms with E-state index in [2.05, 4.69) is 15.1 Å². The highest BCUT2D eigenvalue weighted by Crippen LogP contribution is 2.28. The smallest absolute Gasteiger partial charge is 0.264 e. The molecule has 86 valence electrons. The molecule has 7 heteroatoms. The molecule has 0 atom stereocenters. The molecule has 0 aromatic carbocycles. The molecule has 0 N–H and O–H groups in total. The molecule has 0 spiro atoms. The zero-order chi connectivity index (χ0) is 12.1. The number of hydrogen-bond donors (Lipinski definition) is 0. The van der Waals surface area contributed by atoms with E-state index >= 15 is 0 Å². The summed E-state index contributed by atoms with van der Waals surface area (Å²) in [5, 5.41) is 4.02. The summed E-state index contributed by atoms with van der Waals surface area (Å²) >= 11 is 0. The number of nitrogens with zero attached hydrogens (tertiary/aromatic N) is 4. The first kappa shape index (κ1) is 10.8. The van der Waals surface area contributed by atoms with Gasteiger partial charge >= 0.3 is 6.18 Å². The Labute approximate surface area is 89.1 Å². The van der Waals surface area contributed by atoms with Crippen LogP contribution in [0.15, 0.2) is 0 Å². The molecule has 0 aliphatic rings. The van der Waals surface area contributed by atoms with E-state index < -0.39 is 12.0 Å². The molecule has 16 heavy (non-hydrogen) atoms. The SMILES string of the molecule is Cc1nn(C)c2c(C)nc(C(F)(F)F)nc12. The van der Waals surface area contributed by atoms with Gasteiger partial charge in [0.15, 0.2) is 0 Å². The second kappa shape index (κ2) is 3.16. The second-order valence-electron chi connectivity index (χ2n) is 3.54. The number of aromatic nitrogens is 4. The molecule has 0 fully saturated rings. The lowest BCUT2D eigenvalue weighted by molar-refractivity contribution is -0.144. The molecule has 2 aromatic heterocycles. The van der Waals surface area contributed by atoms with Gasteiger partial charge in [-0.1, -0.05) is 0 Å². The Kier molecular flexibility index (Phi) is 2.14. The molecule has 0 radical (unpaired) electrons. The maximum Gasteiger partial charge on any atom is 0.451 e. The van der Waals surface area contributed by atoms with E-state index in [0.717, 1.165) is 0 Å². The van der Waals surface area contributed by atoms with Gasteiger partial charge < -0.3 is 0 Å². The average Bonchev–Trinajstić information content (AvgIpc) is 2.41. The molecular formula is C9H9F3N4. The Morgan fingerprint density at radius 2 is 1.69 bits per heavy atom. The molecular weight excluding hydrogens is 221 g/mol. The van der Waals surface area contributed by atoms with Crippen molar-refractivity contribution in [3.8, 4) is 0 Å². The number of hydrogen-bond acceptors (Lipinski definition) is 3. The van der Waals surface area contributed by atoms with Gasteiger partial charge in [-0.2, -0.15) is 18.3 Å². The van der Waals surface area contributed by atoms with Gasteiger partial charge in [-0.15, -0.1) is 0 Å². The molecule has 4 nitrogen and oxygen atoms in total. The normalized spacial score (nSPS) is 12.4. The third-order valence-electron chi connectivity index (χ3n) is 2.28. The fourth-order valence-electron chi connectivity index (χ4n) is 1.66. The minimum Gasteiger partial charge on any atom is -0.264 e. The maximum absolute atomic E-state index is 12.5. The third kappa shape index (κ3) is 1.52. The minimum atomic E-state index is -4.53. The van der Waals surface area contributed by atoms with Crippen LogP contribution < -0.4 is 0 Å². The highest BCUT2D eigenvalue weighted by molar-refractivity contribution is 5.79. The predicted molar refractivity (Wildman–Crippen MR) is 50.8 cm³/mol. The molecule has 0 bridgehead atoms. The quantitative estimate of drug-likeness (QED) is 0.695. The van der Waals surface area contributed by atoms with Crippen molar-refractivity contribution in [2.75, 3.05) is 0 Å². The molecule has 2 heterocycles. The Morgan fingerprint density at radius 3 is 2.25 bits per heavy atom. The summed E-state index contributed by atoms with van der Waals surface area (Å²) in [6.07, 6.45) is -4.53. The van der Waals surface area contributed by atoms with Crippen LogP contribution in [0.3, 0.4) is 0 Å². The van der Waals surface area contributed by atoms with Gasteiger partial charge in [0.1, 0.15) is 11.0 Å². The van der Waals surface area contributed by atoms with E-state index in [4.69, 9.17) is 0 Å². The summed E-state index contributed by atoms with van der Waals surface area (Å²) in [7, 11) is 1.65. The fraction of sp³-hybridized carbons (Fsp3) is 0.444. The van der Waals surface area contributed by atoms with Crippen molar-refractivity contribution in [1.29, 1.82) is 0 Å². The Hall–Kier alpha value is -1.66. The van der Waals surface area contributed by atoms with Crippen molar-refractivity contribution >= 4 is 11.0 Å². The zero-order valence-corrected chi connectivity index (χ0v) is 8.92. The molecule has 0 aliphatic carbocycles. The monoisotopic (exact) mass is 230 g/mol. The van der Waals surface area contributed by atoms with Gasteiger partial charge in [0.25, 0.3) is 0 Å². The fourth-order valence-corrected chi connectivity index (χ4v) is 1.66. The first-order chi connectivity index (χ1) is 7.30. The lowest BCUT2D eigenvalue weighted by Crippen LogP contribution is -2.12.